The summed E-state index contributed by atoms with van der Waals surface area (Å²) in [5.74, 6) is -0.588. The van der Waals surface area contributed by atoms with Crippen molar-refractivity contribution in [3.05, 3.63) is 0 Å². The normalized spacial score (nSPS) is 26.9. The molecule has 1 saturated carbocycles. The molecular weight excluding hydrogens is 294 g/mol. The van der Waals surface area contributed by atoms with Crippen LogP contribution in [0.1, 0.15) is 65.7 Å². The van der Waals surface area contributed by atoms with Gasteiger partial charge in [0.2, 0.25) is 5.91 Å². The van der Waals surface area contributed by atoms with Gasteiger partial charge >= 0.3 is 6.03 Å². The monoisotopic (exact) mass is 323 g/mol. The first kappa shape index (κ1) is 17.8. The molecule has 0 aromatic rings. The predicted octanol–water partition coefficient (Wildman–Crippen LogP) is 2.18. The van der Waals surface area contributed by atoms with Gasteiger partial charge in [0, 0.05) is 6.04 Å². The van der Waals surface area contributed by atoms with Crippen LogP contribution in [0.5, 0.6) is 0 Å². The minimum Gasteiger partial charge on any atom is -0.352 e. The largest absolute Gasteiger partial charge is 0.352 e. The first-order valence-electron chi connectivity index (χ1n) is 8.78. The van der Waals surface area contributed by atoms with Gasteiger partial charge < -0.3 is 10.6 Å². The number of carbonyl (C=O) groups excluding carboxylic acids is 3. The lowest BCUT2D eigenvalue weighted by Gasteiger charge is -2.26. The highest BCUT2D eigenvalue weighted by Gasteiger charge is 2.50. The zero-order valence-electron chi connectivity index (χ0n) is 14.5. The molecule has 6 heteroatoms. The van der Waals surface area contributed by atoms with Gasteiger partial charge in [-0.2, -0.15) is 0 Å². The third kappa shape index (κ3) is 4.03. The number of nitrogens with one attached hydrogen (secondary N) is 2. The molecule has 23 heavy (non-hydrogen) atoms. The van der Waals surface area contributed by atoms with Crippen molar-refractivity contribution in [2.24, 2.45) is 5.92 Å². The van der Waals surface area contributed by atoms with E-state index in [-0.39, 0.29) is 30.3 Å². The smallest absolute Gasteiger partial charge is 0.325 e. The fraction of sp³-hybridized carbons (Fsp3) is 0.824. The fourth-order valence-corrected chi connectivity index (χ4v) is 3.27. The lowest BCUT2D eigenvalue weighted by molar-refractivity contribution is -0.135. The van der Waals surface area contributed by atoms with Crippen molar-refractivity contribution in [3.63, 3.8) is 0 Å². The van der Waals surface area contributed by atoms with Crippen LogP contribution < -0.4 is 10.6 Å². The van der Waals surface area contributed by atoms with Gasteiger partial charge in [0.05, 0.1) is 0 Å². The first-order chi connectivity index (χ1) is 10.8. The molecule has 2 N–H and O–H groups in total. The number of rotatable bonds is 4. The summed E-state index contributed by atoms with van der Waals surface area (Å²) >= 11 is 0. The third-order valence-corrected chi connectivity index (χ3v) is 5.23. The van der Waals surface area contributed by atoms with E-state index in [1.54, 1.807) is 6.92 Å². The number of imide groups is 1. The Labute approximate surface area is 138 Å². The van der Waals surface area contributed by atoms with Crippen LogP contribution >= 0.6 is 0 Å². The third-order valence-electron chi connectivity index (χ3n) is 5.23. The Kier molecular flexibility index (Phi) is 5.65. The molecular formula is C17H29N3O3. The summed E-state index contributed by atoms with van der Waals surface area (Å²) in [6, 6.07) is -0.306. The number of hydrogen-bond donors (Lipinski definition) is 2. The van der Waals surface area contributed by atoms with Gasteiger partial charge in [-0.1, -0.05) is 46.0 Å². The number of amides is 4. The van der Waals surface area contributed by atoms with E-state index in [0.29, 0.717) is 0 Å². The Morgan fingerprint density at radius 3 is 2.30 bits per heavy atom. The highest BCUT2D eigenvalue weighted by atomic mass is 16.2. The minimum atomic E-state index is -0.919. The number of urea groups is 1. The van der Waals surface area contributed by atoms with Crippen LogP contribution in [0.25, 0.3) is 0 Å². The Bertz CT molecular complexity index is 470. The molecule has 1 aliphatic heterocycles. The molecule has 0 radical (unpaired) electrons. The summed E-state index contributed by atoms with van der Waals surface area (Å²) in [4.78, 5) is 37.8. The van der Waals surface area contributed by atoms with Gasteiger partial charge in [0.1, 0.15) is 12.1 Å². The molecule has 6 nitrogen and oxygen atoms in total. The number of hydrogen-bond acceptors (Lipinski definition) is 3. The summed E-state index contributed by atoms with van der Waals surface area (Å²) in [5.41, 5.74) is -0.919. The maximum Gasteiger partial charge on any atom is 0.325 e. The van der Waals surface area contributed by atoms with Gasteiger partial charge in [-0.3, -0.25) is 14.5 Å². The molecule has 1 heterocycles. The van der Waals surface area contributed by atoms with Crippen LogP contribution in [0.15, 0.2) is 0 Å². The van der Waals surface area contributed by atoms with E-state index in [4.69, 9.17) is 0 Å². The van der Waals surface area contributed by atoms with Gasteiger partial charge in [0.25, 0.3) is 5.91 Å². The Morgan fingerprint density at radius 2 is 1.78 bits per heavy atom. The molecule has 1 atom stereocenters. The first-order valence-corrected chi connectivity index (χ1v) is 8.78. The lowest BCUT2D eigenvalue weighted by Crippen LogP contribution is -2.49. The van der Waals surface area contributed by atoms with Crippen LogP contribution in [0, 0.1) is 5.92 Å². The summed E-state index contributed by atoms with van der Waals surface area (Å²) in [7, 11) is 0. The van der Waals surface area contributed by atoms with E-state index >= 15 is 0 Å². The molecule has 1 saturated heterocycles. The van der Waals surface area contributed by atoms with E-state index in [1.807, 2.05) is 13.8 Å². The molecule has 0 aromatic heterocycles. The van der Waals surface area contributed by atoms with E-state index < -0.39 is 11.6 Å². The fourth-order valence-electron chi connectivity index (χ4n) is 3.27. The van der Waals surface area contributed by atoms with Gasteiger partial charge in [0.15, 0.2) is 0 Å². The number of carbonyl (C=O) groups is 3. The van der Waals surface area contributed by atoms with Crippen molar-refractivity contribution in [2.45, 2.75) is 77.3 Å². The van der Waals surface area contributed by atoms with Crippen molar-refractivity contribution < 1.29 is 14.4 Å². The van der Waals surface area contributed by atoms with E-state index in [1.165, 1.54) is 19.3 Å². The van der Waals surface area contributed by atoms with Crippen LogP contribution in [-0.4, -0.2) is 40.9 Å². The van der Waals surface area contributed by atoms with Crippen molar-refractivity contribution in [1.29, 1.82) is 0 Å². The maximum atomic E-state index is 12.5. The van der Waals surface area contributed by atoms with Crippen LogP contribution in [0.4, 0.5) is 4.79 Å². The van der Waals surface area contributed by atoms with Crippen molar-refractivity contribution >= 4 is 17.8 Å². The molecule has 0 spiro atoms. The van der Waals surface area contributed by atoms with Crippen molar-refractivity contribution in [1.82, 2.24) is 15.5 Å². The van der Waals surface area contributed by atoms with Gasteiger partial charge in [-0.05, 0) is 25.7 Å². The predicted molar refractivity (Wildman–Crippen MR) is 87.7 cm³/mol. The van der Waals surface area contributed by atoms with Gasteiger partial charge in [-0.15, -0.1) is 0 Å². The topological polar surface area (TPSA) is 78.5 Å². The Morgan fingerprint density at radius 1 is 1.22 bits per heavy atom. The van der Waals surface area contributed by atoms with Crippen molar-refractivity contribution in [2.75, 3.05) is 6.54 Å². The zero-order valence-corrected chi connectivity index (χ0v) is 14.5. The molecule has 1 aliphatic carbocycles. The molecule has 4 amide bonds. The Balaban J connectivity index is 1.92. The van der Waals surface area contributed by atoms with E-state index in [0.717, 1.165) is 30.6 Å². The summed E-state index contributed by atoms with van der Waals surface area (Å²) in [5, 5.41) is 5.71. The van der Waals surface area contributed by atoms with Crippen LogP contribution in [-0.2, 0) is 9.59 Å². The van der Waals surface area contributed by atoms with E-state index in [9.17, 15) is 14.4 Å². The molecule has 130 valence electrons. The second kappa shape index (κ2) is 7.32. The highest BCUT2D eigenvalue weighted by Crippen LogP contribution is 2.25. The average molecular weight is 323 g/mol. The quantitative estimate of drug-likeness (QED) is 0.778. The standard InChI is InChI=1S/C17H29N3O3/c1-12(2)17(3)15(22)20(16(23)19-17)11-14(21)18-13-9-7-5-4-6-8-10-13/h12-13H,4-11H2,1-3H3,(H,18,21)(H,19,23)/t17-/m0/s1. The Hall–Kier alpha value is -1.59. The second-order valence-corrected chi connectivity index (χ2v) is 7.29. The van der Waals surface area contributed by atoms with Crippen molar-refractivity contribution in [3.8, 4) is 0 Å². The molecule has 2 rings (SSSR count). The van der Waals surface area contributed by atoms with Gasteiger partial charge in [-0.25, -0.2) is 4.79 Å². The molecule has 0 unspecified atom stereocenters. The molecule has 0 aromatic carbocycles. The molecule has 2 aliphatic rings. The average Bonchev–Trinajstić information content (AvgIpc) is 2.66. The number of nitrogens with zero attached hydrogens (tertiary/aromatic N) is 1. The summed E-state index contributed by atoms with van der Waals surface area (Å²) < 4.78 is 0. The SMILES string of the molecule is CC(C)[C@]1(C)NC(=O)N(CC(=O)NC2CCCCCCC2)C1=O. The minimum absolute atomic E-state index is 0.0300. The van der Waals surface area contributed by atoms with E-state index in [2.05, 4.69) is 10.6 Å². The summed E-state index contributed by atoms with van der Waals surface area (Å²) in [6.07, 6.45) is 7.92. The molecule has 2 fully saturated rings. The summed E-state index contributed by atoms with van der Waals surface area (Å²) in [6.45, 7) is 5.29. The zero-order chi connectivity index (χ0) is 17.0. The maximum absolute atomic E-state index is 12.5. The lowest BCUT2D eigenvalue weighted by atomic mass is 9.88. The second-order valence-electron chi connectivity index (χ2n) is 7.29. The highest BCUT2D eigenvalue weighted by molar-refractivity contribution is 6.08. The molecule has 0 bridgehead atoms. The van der Waals surface area contributed by atoms with Crippen LogP contribution in [0.2, 0.25) is 0 Å². The van der Waals surface area contributed by atoms with Crippen LogP contribution in [0.3, 0.4) is 0 Å².